The maximum absolute atomic E-state index is 13.0. The van der Waals surface area contributed by atoms with Gasteiger partial charge in [-0.2, -0.15) is 0 Å². The van der Waals surface area contributed by atoms with E-state index < -0.39 is 0 Å². The van der Waals surface area contributed by atoms with Gasteiger partial charge in [-0.15, -0.1) is 0 Å². The molecule has 3 aromatic rings. The van der Waals surface area contributed by atoms with Gasteiger partial charge in [0.2, 0.25) is 0 Å². The lowest BCUT2D eigenvalue weighted by Crippen LogP contribution is -2.24. The van der Waals surface area contributed by atoms with Crippen LogP contribution < -0.4 is 4.90 Å². The molecule has 3 heteroatoms. The minimum absolute atomic E-state index is 0.0757. The number of carbonyl (C=O) groups is 1. The summed E-state index contributed by atoms with van der Waals surface area (Å²) < 4.78 is 5.28. The zero-order valence-corrected chi connectivity index (χ0v) is 13.2. The van der Waals surface area contributed by atoms with Crippen LogP contribution in [0.5, 0.6) is 0 Å². The number of nitrogens with zero attached hydrogens (tertiary/aromatic N) is 1. The van der Waals surface area contributed by atoms with Crippen LogP contribution in [0.3, 0.4) is 0 Å². The molecular weight excluding hydrogens is 298 g/mol. The largest absolute Gasteiger partial charge is 0.465 e. The number of rotatable bonds is 2. The van der Waals surface area contributed by atoms with Gasteiger partial charge in [0, 0.05) is 6.08 Å². The summed E-state index contributed by atoms with van der Waals surface area (Å²) in [6.07, 6.45) is 6.73. The molecular formula is C21H17NO2. The highest BCUT2D eigenvalue weighted by molar-refractivity contribution is 6.09. The van der Waals surface area contributed by atoms with E-state index in [0.29, 0.717) is 5.76 Å². The Morgan fingerprint density at radius 1 is 0.875 bits per heavy atom. The van der Waals surface area contributed by atoms with Crippen LogP contribution in [0.4, 0.5) is 11.4 Å². The minimum Gasteiger partial charge on any atom is -0.465 e. The van der Waals surface area contributed by atoms with Gasteiger partial charge in [0.1, 0.15) is 5.76 Å². The van der Waals surface area contributed by atoms with Crippen LogP contribution in [0.1, 0.15) is 16.9 Å². The summed E-state index contributed by atoms with van der Waals surface area (Å²) in [6.45, 7) is 0. The summed E-state index contributed by atoms with van der Waals surface area (Å²) in [6, 6.07) is 19.8. The van der Waals surface area contributed by atoms with E-state index in [-0.39, 0.29) is 5.91 Å². The lowest BCUT2D eigenvalue weighted by atomic mass is 10.0. The van der Waals surface area contributed by atoms with Gasteiger partial charge < -0.3 is 4.42 Å². The van der Waals surface area contributed by atoms with Crippen molar-refractivity contribution < 1.29 is 9.21 Å². The SMILES string of the molecule is O=C(/C=C/c1ccco1)N1c2ccccc2CCc2ccccc21. The van der Waals surface area contributed by atoms with Gasteiger partial charge in [0.15, 0.2) is 0 Å². The Labute approximate surface area is 140 Å². The van der Waals surface area contributed by atoms with Gasteiger partial charge >= 0.3 is 0 Å². The number of hydrogen-bond acceptors (Lipinski definition) is 2. The first-order valence-electron chi connectivity index (χ1n) is 8.04. The van der Waals surface area contributed by atoms with E-state index in [4.69, 9.17) is 4.42 Å². The second-order valence-electron chi connectivity index (χ2n) is 5.78. The fourth-order valence-electron chi connectivity index (χ4n) is 3.13. The average molecular weight is 315 g/mol. The van der Waals surface area contributed by atoms with Crippen molar-refractivity contribution in [2.24, 2.45) is 0 Å². The molecule has 0 saturated heterocycles. The molecule has 1 aliphatic rings. The normalized spacial score (nSPS) is 13.4. The maximum Gasteiger partial charge on any atom is 0.255 e. The third kappa shape index (κ3) is 2.65. The zero-order valence-electron chi connectivity index (χ0n) is 13.2. The molecule has 0 N–H and O–H groups in total. The quantitative estimate of drug-likeness (QED) is 0.639. The summed E-state index contributed by atoms with van der Waals surface area (Å²) in [4.78, 5) is 14.8. The van der Waals surface area contributed by atoms with Crippen molar-refractivity contribution in [1.82, 2.24) is 0 Å². The fraction of sp³-hybridized carbons (Fsp3) is 0.0952. The smallest absolute Gasteiger partial charge is 0.255 e. The van der Waals surface area contributed by atoms with Crippen LogP contribution in [0.2, 0.25) is 0 Å². The van der Waals surface area contributed by atoms with Crippen LogP contribution in [0.15, 0.2) is 77.4 Å². The topological polar surface area (TPSA) is 33.5 Å². The monoisotopic (exact) mass is 315 g/mol. The Kier molecular flexibility index (Phi) is 3.75. The number of carbonyl (C=O) groups excluding carboxylic acids is 1. The third-order valence-electron chi connectivity index (χ3n) is 4.28. The van der Waals surface area contributed by atoms with Crippen LogP contribution in [-0.2, 0) is 17.6 Å². The molecule has 1 aliphatic heterocycles. The number of amides is 1. The van der Waals surface area contributed by atoms with Gasteiger partial charge in [0.05, 0.1) is 17.6 Å². The molecule has 1 amide bonds. The summed E-state index contributed by atoms with van der Waals surface area (Å²) in [5.74, 6) is 0.591. The summed E-state index contributed by atoms with van der Waals surface area (Å²) in [7, 11) is 0. The molecule has 24 heavy (non-hydrogen) atoms. The van der Waals surface area contributed by atoms with Crippen LogP contribution in [0.25, 0.3) is 6.08 Å². The highest BCUT2D eigenvalue weighted by Gasteiger charge is 2.23. The summed E-state index contributed by atoms with van der Waals surface area (Å²) in [5.41, 5.74) is 4.29. The molecule has 0 spiro atoms. The molecule has 1 aromatic heterocycles. The Bertz CT molecular complexity index is 846. The van der Waals surface area contributed by atoms with Crippen molar-refractivity contribution in [2.45, 2.75) is 12.8 Å². The molecule has 0 bridgehead atoms. The molecule has 2 heterocycles. The average Bonchev–Trinajstić information content (AvgIpc) is 3.08. The molecule has 0 unspecified atom stereocenters. The highest BCUT2D eigenvalue weighted by atomic mass is 16.3. The Morgan fingerprint density at radius 3 is 2.08 bits per heavy atom. The van der Waals surface area contributed by atoms with Crippen molar-refractivity contribution in [3.8, 4) is 0 Å². The van der Waals surface area contributed by atoms with Crippen molar-refractivity contribution in [3.63, 3.8) is 0 Å². The lowest BCUT2D eigenvalue weighted by molar-refractivity contribution is -0.113. The predicted molar refractivity (Wildman–Crippen MR) is 95.2 cm³/mol. The van der Waals surface area contributed by atoms with E-state index in [9.17, 15) is 4.79 Å². The summed E-state index contributed by atoms with van der Waals surface area (Å²) >= 11 is 0. The minimum atomic E-state index is -0.0757. The van der Waals surface area contributed by atoms with Gasteiger partial charge in [0.25, 0.3) is 5.91 Å². The fourth-order valence-corrected chi connectivity index (χ4v) is 3.13. The first kappa shape index (κ1) is 14.5. The molecule has 0 atom stereocenters. The van der Waals surface area contributed by atoms with Crippen LogP contribution in [-0.4, -0.2) is 5.91 Å². The van der Waals surface area contributed by atoms with E-state index in [1.54, 1.807) is 29.4 Å². The number of furan rings is 1. The first-order chi connectivity index (χ1) is 11.8. The van der Waals surface area contributed by atoms with Gasteiger partial charge in [-0.25, -0.2) is 0 Å². The van der Waals surface area contributed by atoms with Crippen molar-refractivity contribution in [1.29, 1.82) is 0 Å². The number of anilines is 2. The predicted octanol–water partition coefficient (Wildman–Crippen LogP) is 4.76. The zero-order chi connectivity index (χ0) is 16.4. The van der Waals surface area contributed by atoms with Crippen molar-refractivity contribution in [2.75, 3.05) is 4.90 Å². The number of fused-ring (bicyclic) bond motifs is 2. The molecule has 0 saturated carbocycles. The molecule has 4 rings (SSSR count). The van der Waals surface area contributed by atoms with Crippen LogP contribution in [0, 0.1) is 0 Å². The van der Waals surface area contributed by atoms with Crippen LogP contribution >= 0.6 is 0 Å². The number of para-hydroxylation sites is 2. The Balaban J connectivity index is 1.79. The van der Waals surface area contributed by atoms with Gasteiger partial charge in [-0.05, 0) is 54.3 Å². The molecule has 118 valence electrons. The Morgan fingerprint density at radius 2 is 1.50 bits per heavy atom. The number of hydrogen-bond donors (Lipinski definition) is 0. The first-order valence-corrected chi connectivity index (χ1v) is 8.04. The Hall–Kier alpha value is -3.07. The molecule has 0 aliphatic carbocycles. The second kappa shape index (κ2) is 6.20. The maximum atomic E-state index is 13.0. The highest BCUT2D eigenvalue weighted by Crippen LogP contribution is 2.36. The molecule has 0 fully saturated rings. The summed E-state index contributed by atoms with van der Waals surface area (Å²) in [5, 5.41) is 0. The van der Waals surface area contributed by atoms with E-state index in [1.165, 1.54) is 11.1 Å². The van der Waals surface area contributed by atoms with Gasteiger partial charge in [-0.3, -0.25) is 9.69 Å². The molecule has 0 radical (unpaired) electrons. The number of benzene rings is 2. The standard InChI is InChI=1S/C21H17NO2/c23-21(14-13-18-8-5-15-24-18)22-19-9-3-1-6-16(19)11-12-17-7-2-4-10-20(17)22/h1-10,13-15H,11-12H2/b14-13+. The van der Waals surface area contributed by atoms with Crippen molar-refractivity contribution in [3.05, 3.63) is 89.9 Å². The van der Waals surface area contributed by atoms with E-state index in [1.807, 2.05) is 42.5 Å². The molecule has 2 aromatic carbocycles. The van der Waals surface area contributed by atoms with E-state index in [2.05, 4.69) is 12.1 Å². The van der Waals surface area contributed by atoms with Gasteiger partial charge in [-0.1, -0.05) is 36.4 Å². The second-order valence-corrected chi connectivity index (χ2v) is 5.78. The van der Waals surface area contributed by atoms with E-state index >= 15 is 0 Å². The third-order valence-corrected chi connectivity index (χ3v) is 4.28. The van der Waals surface area contributed by atoms with Crippen molar-refractivity contribution >= 4 is 23.4 Å². The van der Waals surface area contributed by atoms with E-state index in [0.717, 1.165) is 24.2 Å². The molecule has 3 nitrogen and oxygen atoms in total. The number of aryl methyl sites for hydroxylation is 2. The lowest BCUT2D eigenvalue weighted by Gasteiger charge is -2.23.